The molecular formula is C20H22FN5OS. The lowest BCUT2D eigenvalue weighted by Crippen LogP contribution is -2.23. The molecule has 146 valence electrons. The molecule has 2 aromatic carbocycles. The highest BCUT2D eigenvalue weighted by Crippen LogP contribution is 2.27. The minimum absolute atomic E-state index is 0.183. The molecule has 0 aliphatic heterocycles. The Balaban J connectivity index is 1.68. The maximum absolute atomic E-state index is 14.0. The first kappa shape index (κ1) is 19.9. The summed E-state index contributed by atoms with van der Waals surface area (Å²) in [6, 6.07) is 13.9. The van der Waals surface area contributed by atoms with E-state index in [1.807, 2.05) is 24.3 Å². The fraction of sp³-hybridized carbons (Fsp3) is 0.250. The molecule has 1 atom stereocenters. The summed E-state index contributed by atoms with van der Waals surface area (Å²) in [5.41, 5.74) is 2.19. The summed E-state index contributed by atoms with van der Waals surface area (Å²) in [6.45, 7) is 5.98. The monoisotopic (exact) mass is 399 g/mol. The number of amides is 1. The predicted octanol–water partition coefficient (Wildman–Crippen LogP) is 4.04. The molecule has 8 heteroatoms. The third-order valence-electron chi connectivity index (χ3n) is 4.28. The molecule has 0 aliphatic carbocycles. The Kier molecular flexibility index (Phi) is 5.99. The number of hydrogen-bond donors (Lipinski definition) is 2. The van der Waals surface area contributed by atoms with Crippen LogP contribution in [0.1, 0.15) is 32.3 Å². The van der Waals surface area contributed by atoms with Gasteiger partial charge in [-0.3, -0.25) is 4.79 Å². The van der Waals surface area contributed by atoms with Crippen molar-refractivity contribution in [2.45, 2.75) is 37.1 Å². The SMILES string of the molecule is CC(Sc1nnc(-c2ccccc2F)n1N)C(=O)Nc1ccc(C(C)C)cc1. The van der Waals surface area contributed by atoms with E-state index in [9.17, 15) is 9.18 Å². The number of nitrogens with one attached hydrogen (secondary N) is 1. The molecule has 0 saturated heterocycles. The molecule has 0 saturated carbocycles. The Morgan fingerprint density at radius 2 is 1.79 bits per heavy atom. The number of anilines is 1. The van der Waals surface area contributed by atoms with E-state index in [2.05, 4.69) is 29.4 Å². The van der Waals surface area contributed by atoms with E-state index in [0.29, 0.717) is 11.1 Å². The van der Waals surface area contributed by atoms with Crippen molar-refractivity contribution < 1.29 is 9.18 Å². The molecule has 0 bridgehead atoms. The fourth-order valence-corrected chi connectivity index (χ4v) is 3.36. The first-order valence-electron chi connectivity index (χ1n) is 8.89. The van der Waals surface area contributed by atoms with Gasteiger partial charge in [-0.1, -0.05) is 49.9 Å². The molecule has 0 fully saturated rings. The quantitative estimate of drug-likeness (QED) is 0.483. The second kappa shape index (κ2) is 8.43. The van der Waals surface area contributed by atoms with E-state index in [0.717, 1.165) is 17.4 Å². The average Bonchev–Trinajstić information content (AvgIpc) is 3.03. The number of carbonyl (C=O) groups excluding carboxylic acids is 1. The summed E-state index contributed by atoms with van der Waals surface area (Å²) < 4.78 is 15.2. The molecule has 3 aromatic rings. The van der Waals surface area contributed by atoms with E-state index >= 15 is 0 Å². The zero-order valence-corrected chi connectivity index (χ0v) is 16.7. The molecule has 1 amide bonds. The van der Waals surface area contributed by atoms with Crippen LogP contribution in [0.25, 0.3) is 11.4 Å². The molecule has 0 spiro atoms. The van der Waals surface area contributed by atoms with Crippen molar-refractivity contribution >= 4 is 23.4 Å². The van der Waals surface area contributed by atoms with E-state index in [-0.39, 0.29) is 17.3 Å². The summed E-state index contributed by atoms with van der Waals surface area (Å²) >= 11 is 1.16. The average molecular weight is 399 g/mol. The van der Waals surface area contributed by atoms with Crippen molar-refractivity contribution in [2.75, 3.05) is 11.2 Å². The molecular weight excluding hydrogens is 377 g/mol. The van der Waals surface area contributed by atoms with Crippen LogP contribution in [-0.2, 0) is 4.79 Å². The van der Waals surface area contributed by atoms with Gasteiger partial charge >= 0.3 is 0 Å². The molecule has 3 N–H and O–H groups in total. The fourth-order valence-electron chi connectivity index (χ4n) is 2.59. The number of carbonyl (C=O) groups is 1. The summed E-state index contributed by atoms with van der Waals surface area (Å²) in [5.74, 6) is 6.04. The molecule has 1 unspecified atom stereocenters. The van der Waals surface area contributed by atoms with Crippen molar-refractivity contribution in [3.8, 4) is 11.4 Å². The largest absolute Gasteiger partial charge is 0.335 e. The summed E-state index contributed by atoms with van der Waals surface area (Å²) in [5, 5.41) is 10.7. The highest BCUT2D eigenvalue weighted by Gasteiger charge is 2.21. The van der Waals surface area contributed by atoms with Crippen LogP contribution in [-0.4, -0.2) is 26.0 Å². The number of nitrogen functional groups attached to an aromatic ring is 1. The first-order valence-corrected chi connectivity index (χ1v) is 9.77. The van der Waals surface area contributed by atoms with Crippen LogP contribution in [0.2, 0.25) is 0 Å². The Bertz CT molecular complexity index is 971. The van der Waals surface area contributed by atoms with Crippen molar-refractivity contribution in [3.63, 3.8) is 0 Å². The van der Waals surface area contributed by atoms with Crippen LogP contribution in [0.4, 0.5) is 10.1 Å². The Hall–Kier alpha value is -2.87. The third kappa shape index (κ3) is 4.33. The van der Waals surface area contributed by atoms with Gasteiger partial charge in [-0.25, -0.2) is 9.07 Å². The lowest BCUT2D eigenvalue weighted by atomic mass is 10.0. The van der Waals surface area contributed by atoms with Gasteiger partial charge in [0.2, 0.25) is 11.1 Å². The number of halogens is 1. The lowest BCUT2D eigenvalue weighted by molar-refractivity contribution is -0.115. The number of nitrogens with two attached hydrogens (primary N) is 1. The van der Waals surface area contributed by atoms with Crippen LogP contribution < -0.4 is 11.2 Å². The normalized spacial score (nSPS) is 12.2. The smallest absolute Gasteiger partial charge is 0.237 e. The summed E-state index contributed by atoms with van der Waals surface area (Å²) in [6.07, 6.45) is 0. The van der Waals surface area contributed by atoms with Crippen molar-refractivity contribution in [2.24, 2.45) is 0 Å². The number of benzene rings is 2. The molecule has 3 rings (SSSR count). The number of thioether (sulfide) groups is 1. The van der Waals surface area contributed by atoms with Gasteiger partial charge in [0.1, 0.15) is 5.82 Å². The minimum atomic E-state index is -0.468. The van der Waals surface area contributed by atoms with Crippen LogP contribution in [0, 0.1) is 5.82 Å². The maximum Gasteiger partial charge on any atom is 0.237 e. The second-order valence-electron chi connectivity index (χ2n) is 6.68. The minimum Gasteiger partial charge on any atom is -0.335 e. The van der Waals surface area contributed by atoms with Gasteiger partial charge in [0.05, 0.1) is 10.8 Å². The van der Waals surface area contributed by atoms with Crippen molar-refractivity contribution in [3.05, 3.63) is 59.9 Å². The Morgan fingerprint density at radius 3 is 2.43 bits per heavy atom. The van der Waals surface area contributed by atoms with Crippen LogP contribution in [0.5, 0.6) is 0 Å². The highest BCUT2D eigenvalue weighted by molar-refractivity contribution is 8.00. The lowest BCUT2D eigenvalue weighted by Gasteiger charge is -2.12. The standard InChI is InChI=1S/C20H22FN5OS/c1-12(2)14-8-10-15(11-9-14)23-19(27)13(3)28-20-25-24-18(26(20)22)16-6-4-5-7-17(16)21/h4-13H,22H2,1-3H3,(H,23,27). The van der Waals surface area contributed by atoms with Gasteiger partial charge in [0.15, 0.2) is 5.82 Å². The Labute approximate surface area is 167 Å². The van der Waals surface area contributed by atoms with E-state index in [1.54, 1.807) is 25.1 Å². The van der Waals surface area contributed by atoms with Crippen LogP contribution >= 0.6 is 11.8 Å². The van der Waals surface area contributed by atoms with Gasteiger partial charge in [-0.15, -0.1) is 10.2 Å². The number of nitrogens with zero attached hydrogens (tertiary/aromatic N) is 3. The van der Waals surface area contributed by atoms with E-state index < -0.39 is 11.1 Å². The molecule has 0 aliphatic rings. The molecule has 1 heterocycles. The molecule has 1 aromatic heterocycles. The second-order valence-corrected chi connectivity index (χ2v) is 7.99. The summed E-state index contributed by atoms with van der Waals surface area (Å²) in [7, 11) is 0. The van der Waals surface area contributed by atoms with Gasteiger partial charge < -0.3 is 11.2 Å². The maximum atomic E-state index is 14.0. The molecule has 6 nitrogen and oxygen atoms in total. The molecule has 28 heavy (non-hydrogen) atoms. The van der Waals surface area contributed by atoms with Gasteiger partial charge in [-0.05, 0) is 42.7 Å². The van der Waals surface area contributed by atoms with E-state index in [1.165, 1.54) is 16.3 Å². The number of hydrogen-bond acceptors (Lipinski definition) is 5. The Morgan fingerprint density at radius 1 is 1.11 bits per heavy atom. The summed E-state index contributed by atoms with van der Waals surface area (Å²) in [4.78, 5) is 12.5. The topological polar surface area (TPSA) is 85.8 Å². The zero-order valence-electron chi connectivity index (χ0n) is 15.9. The van der Waals surface area contributed by atoms with Crippen molar-refractivity contribution in [1.82, 2.24) is 14.9 Å². The predicted molar refractivity (Wildman–Crippen MR) is 110 cm³/mol. The first-order chi connectivity index (χ1) is 13.4. The van der Waals surface area contributed by atoms with Crippen LogP contribution in [0.3, 0.4) is 0 Å². The number of rotatable bonds is 6. The third-order valence-corrected chi connectivity index (χ3v) is 5.33. The van der Waals surface area contributed by atoms with Crippen LogP contribution in [0.15, 0.2) is 53.7 Å². The number of aromatic nitrogens is 3. The molecule has 0 radical (unpaired) electrons. The zero-order chi connectivity index (χ0) is 20.3. The van der Waals surface area contributed by atoms with Crippen molar-refractivity contribution in [1.29, 1.82) is 0 Å². The highest BCUT2D eigenvalue weighted by atomic mass is 32.2. The van der Waals surface area contributed by atoms with Gasteiger partial charge in [0.25, 0.3) is 0 Å². The van der Waals surface area contributed by atoms with Gasteiger partial charge in [-0.2, -0.15) is 0 Å². The van der Waals surface area contributed by atoms with E-state index in [4.69, 9.17) is 5.84 Å². The van der Waals surface area contributed by atoms with Gasteiger partial charge in [0, 0.05) is 5.69 Å².